The summed E-state index contributed by atoms with van der Waals surface area (Å²) in [5, 5.41) is 11.4. The van der Waals surface area contributed by atoms with Crippen LogP contribution in [0.4, 0.5) is 13.2 Å². The van der Waals surface area contributed by atoms with Crippen molar-refractivity contribution in [2.24, 2.45) is 0 Å². The zero-order valence-corrected chi connectivity index (χ0v) is 12.9. The highest BCUT2D eigenvalue weighted by molar-refractivity contribution is 5.95. The SMILES string of the molecule is CC(=O)N[C@@H]1CC[C@H](C(F)(F)F)N(C(=O)c2cccc(C#N)c2)C1. The van der Waals surface area contributed by atoms with Crippen molar-refractivity contribution in [3.8, 4) is 6.07 Å². The van der Waals surface area contributed by atoms with Gasteiger partial charge in [-0.05, 0) is 31.0 Å². The third-order valence-electron chi connectivity index (χ3n) is 3.87. The van der Waals surface area contributed by atoms with Crippen LogP contribution >= 0.6 is 0 Å². The zero-order chi connectivity index (χ0) is 17.9. The summed E-state index contributed by atoms with van der Waals surface area (Å²) in [7, 11) is 0. The first-order chi connectivity index (χ1) is 11.2. The number of rotatable bonds is 2. The molecule has 0 aromatic heterocycles. The van der Waals surface area contributed by atoms with E-state index in [-0.39, 0.29) is 36.4 Å². The number of hydrogen-bond donors (Lipinski definition) is 1. The normalized spacial score (nSPS) is 21.0. The minimum atomic E-state index is -4.55. The fourth-order valence-electron chi connectivity index (χ4n) is 2.83. The van der Waals surface area contributed by atoms with Gasteiger partial charge in [0.05, 0.1) is 11.6 Å². The van der Waals surface area contributed by atoms with Gasteiger partial charge in [0.1, 0.15) is 6.04 Å². The number of halogens is 3. The van der Waals surface area contributed by atoms with Crippen molar-refractivity contribution >= 4 is 11.8 Å². The molecule has 1 fully saturated rings. The lowest BCUT2D eigenvalue weighted by Gasteiger charge is -2.40. The van der Waals surface area contributed by atoms with E-state index in [4.69, 9.17) is 5.26 Å². The van der Waals surface area contributed by atoms with Gasteiger partial charge in [-0.2, -0.15) is 18.4 Å². The molecule has 0 radical (unpaired) electrons. The fourth-order valence-corrected chi connectivity index (χ4v) is 2.83. The van der Waals surface area contributed by atoms with Crippen molar-refractivity contribution in [3.05, 3.63) is 35.4 Å². The Kier molecular flexibility index (Phi) is 5.12. The third-order valence-corrected chi connectivity index (χ3v) is 3.87. The number of nitrogens with one attached hydrogen (secondary N) is 1. The molecule has 1 aliphatic heterocycles. The first kappa shape index (κ1) is 17.8. The highest BCUT2D eigenvalue weighted by atomic mass is 19.4. The quantitative estimate of drug-likeness (QED) is 0.898. The summed E-state index contributed by atoms with van der Waals surface area (Å²) in [5.74, 6) is -1.16. The van der Waals surface area contributed by atoms with E-state index < -0.39 is 24.2 Å². The first-order valence-electron chi connectivity index (χ1n) is 7.37. The zero-order valence-electron chi connectivity index (χ0n) is 12.9. The van der Waals surface area contributed by atoms with Crippen molar-refractivity contribution < 1.29 is 22.8 Å². The number of amides is 2. The van der Waals surface area contributed by atoms with Gasteiger partial charge in [-0.1, -0.05) is 6.07 Å². The van der Waals surface area contributed by atoms with Crippen LogP contribution < -0.4 is 5.32 Å². The van der Waals surface area contributed by atoms with Crippen molar-refractivity contribution in [3.63, 3.8) is 0 Å². The monoisotopic (exact) mass is 339 g/mol. The van der Waals surface area contributed by atoms with Crippen LogP contribution in [-0.4, -0.2) is 41.5 Å². The first-order valence-corrected chi connectivity index (χ1v) is 7.37. The maximum Gasteiger partial charge on any atom is 0.408 e. The summed E-state index contributed by atoms with van der Waals surface area (Å²) in [4.78, 5) is 24.4. The van der Waals surface area contributed by atoms with Crippen LogP contribution in [0.1, 0.15) is 35.7 Å². The standard InChI is InChI=1S/C16H16F3N3O2/c1-10(23)21-13-5-6-14(16(17,18)19)22(9-13)15(24)12-4-2-3-11(7-12)8-20/h2-4,7,13-14H,5-6,9H2,1H3,(H,21,23)/t13-,14-/m1/s1. The number of likely N-dealkylation sites (tertiary alicyclic amines) is 1. The number of carbonyl (C=O) groups excluding carboxylic acids is 2. The summed E-state index contributed by atoms with van der Waals surface area (Å²) in [6.45, 7) is 1.05. The number of nitriles is 1. The van der Waals surface area contributed by atoms with E-state index in [1.54, 1.807) is 0 Å². The largest absolute Gasteiger partial charge is 0.408 e. The van der Waals surface area contributed by atoms with Gasteiger partial charge >= 0.3 is 6.18 Å². The summed E-state index contributed by atoms with van der Waals surface area (Å²) >= 11 is 0. The van der Waals surface area contributed by atoms with E-state index in [9.17, 15) is 22.8 Å². The van der Waals surface area contributed by atoms with Gasteiger partial charge in [0, 0.05) is 25.1 Å². The van der Waals surface area contributed by atoms with E-state index in [0.717, 1.165) is 4.90 Å². The van der Waals surface area contributed by atoms with Crippen molar-refractivity contribution in [1.29, 1.82) is 5.26 Å². The molecule has 2 amide bonds. The van der Waals surface area contributed by atoms with Crippen molar-refractivity contribution in [2.75, 3.05) is 6.54 Å². The number of hydrogen-bond acceptors (Lipinski definition) is 3. The molecule has 1 N–H and O–H groups in total. The molecule has 8 heteroatoms. The molecule has 0 unspecified atom stereocenters. The van der Waals surface area contributed by atoms with Crippen LogP contribution in [0.25, 0.3) is 0 Å². The second-order valence-corrected chi connectivity index (χ2v) is 5.68. The Hall–Kier alpha value is -2.56. The topological polar surface area (TPSA) is 73.2 Å². The Morgan fingerprint density at radius 3 is 2.62 bits per heavy atom. The Labute approximate surface area is 137 Å². The molecule has 1 aromatic carbocycles. The van der Waals surface area contributed by atoms with E-state index in [1.165, 1.54) is 31.2 Å². The summed E-state index contributed by atoms with van der Waals surface area (Å²) in [6.07, 6.45) is -4.69. The lowest BCUT2D eigenvalue weighted by molar-refractivity contribution is -0.184. The maximum atomic E-state index is 13.3. The number of carbonyl (C=O) groups is 2. The smallest absolute Gasteiger partial charge is 0.352 e. The van der Waals surface area contributed by atoms with Gasteiger partial charge in [0.25, 0.3) is 5.91 Å². The molecule has 1 heterocycles. The molecule has 2 rings (SSSR count). The Bertz CT molecular complexity index is 682. The number of benzene rings is 1. The third kappa shape index (κ3) is 4.04. The van der Waals surface area contributed by atoms with Crippen LogP contribution in [-0.2, 0) is 4.79 Å². The minimum Gasteiger partial charge on any atom is -0.352 e. The van der Waals surface area contributed by atoms with Crippen LogP contribution in [0.5, 0.6) is 0 Å². The summed E-state index contributed by atoms with van der Waals surface area (Å²) in [5.41, 5.74) is 0.214. The van der Waals surface area contributed by atoms with Crippen LogP contribution in [0.2, 0.25) is 0 Å². The highest BCUT2D eigenvalue weighted by Gasteiger charge is 2.48. The molecule has 0 spiro atoms. The average molecular weight is 339 g/mol. The molecule has 1 aliphatic rings. The van der Waals surface area contributed by atoms with Crippen LogP contribution in [0, 0.1) is 11.3 Å². The van der Waals surface area contributed by atoms with Gasteiger partial charge in [0.2, 0.25) is 5.91 Å². The number of piperidine rings is 1. The van der Waals surface area contributed by atoms with E-state index in [2.05, 4.69) is 5.32 Å². The molecule has 0 saturated carbocycles. The van der Waals surface area contributed by atoms with Gasteiger partial charge in [-0.3, -0.25) is 9.59 Å². The molecule has 128 valence electrons. The lowest BCUT2D eigenvalue weighted by Crippen LogP contribution is -2.58. The number of alkyl halides is 3. The maximum absolute atomic E-state index is 13.3. The van der Waals surface area contributed by atoms with Gasteiger partial charge in [-0.15, -0.1) is 0 Å². The van der Waals surface area contributed by atoms with E-state index >= 15 is 0 Å². The van der Waals surface area contributed by atoms with E-state index in [1.807, 2.05) is 6.07 Å². The minimum absolute atomic E-state index is 0.0202. The van der Waals surface area contributed by atoms with Gasteiger partial charge in [-0.25, -0.2) is 0 Å². The molecule has 1 aromatic rings. The Morgan fingerprint density at radius 2 is 2.04 bits per heavy atom. The molecular formula is C16H16F3N3O2. The van der Waals surface area contributed by atoms with Gasteiger partial charge < -0.3 is 10.2 Å². The molecular weight excluding hydrogens is 323 g/mol. The summed E-state index contributed by atoms with van der Waals surface area (Å²) < 4.78 is 39.8. The Balaban J connectivity index is 2.30. The number of nitrogens with zero attached hydrogens (tertiary/aromatic N) is 2. The predicted octanol–water partition coefficient (Wildman–Crippen LogP) is 2.23. The van der Waals surface area contributed by atoms with Crippen molar-refractivity contribution in [2.45, 2.75) is 38.0 Å². The average Bonchev–Trinajstić information content (AvgIpc) is 2.52. The molecule has 5 nitrogen and oxygen atoms in total. The predicted molar refractivity (Wildman–Crippen MR) is 78.9 cm³/mol. The summed E-state index contributed by atoms with van der Waals surface area (Å²) in [6, 6.07) is 4.98. The highest BCUT2D eigenvalue weighted by Crippen LogP contribution is 2.33. The molecule has 2 atom stereocenters. The van der Waals surface area contributed by atoms with Crippen LogP contribution in [0.3, 0.4) is 0 Å². The molecule has 24 heavy (non-hydrogen) atoms. The van der Waals surface area contributed by atoms with Crippen LogP contribution in [0.15, 0.2) is 24.3 Å². The second kappa shape index (κ2) is 6.91. The molecule has 0 bridgehead atoms. The Morgan fingerprint density at radius 1 is 1.33 bits per heavy atom. The lowest BCUT2D eigenvalue weighted by atomic mass is 9.96. The second-order valence-electron chi connectivity index (χ2n) is 5.68. The molecule has 1 saturated heterocycles. The van der Waals surface area contributed by atoms with Crippen molar-refractivity contribution in [1.82, 2.24) is 10.2 Å². The fraction of sp³-hybridized carbons (Fsp3) is 0.438. The van der Waals surface area contributed by atoms with E-state index in [0.29, 0.717) is 0 Å². The molecule has 0 aliphatic carbocycles. The van der Waals surface area contributed by atoms with Gasteiger partial charge in [0.15, 0.2) is 0 Å².